The molecule has 2 heterocycles. The molecule has 18 heavy (non-hydrogen) atoms. The van der Waals surface area contributed by atoms with Crippen molar-refractivity contribution in [2.45, 2.75) is 25.4 Å². The Bertz CT molecular complexity index is 348. The molecule has 0 N–H and O–H groups in total. The highest BCUT2D eigenvalue weighted by molar-refractivity contribution is 5.25. The molecule has 4 nitrogen and oxygen atoms in total. The molecule has 98 valence electrons. The van der Waals surface area contributed by atoms with Gasteiger partial charge in [0.1, 0.15) is 12.2 Å². The molecule has 4 heteroatoms. The zero-order chi connectivity index (χ0) is 12.2. The van der Waals surface area contributed by atoms with Crippen LogP contribution < -0.4 is 0 Å². The predicted molar refractivity (Wildman–Crippen MR) is 65.2 cm³/mol. The highest BCUT2D eigenvalue weighted by Crippen LogP contribution is 2.15. The molecule has 2 aliphatic rings. The Labute approximate surface area is 107 Å². The maximum atomic E-state index is 5.62. The lowest BCUT2D eigenvalue weighted by Gasteiger charge is -2.10. The lowest BCUT2D eigenvalue weighted by atomic mass is 10.1. The van der Waals surface area contributed by atoms with Crippen molar-refractivity contribution in [2.75, 3.05) is 26.4 Å². The van der Waals surface area contributed by atoms with Gasteiger partial charge in [-0.05, 0) is 11.1 Å². The topological polar surface area (TPSA) is 43.5 Å². The zero-order valence-electron chi connectivity index (χ0n) is 10.3. The van der Waals surface area contributed by atoms with Crippen LogP contribution in [0, 0.1) is 0 Å². The Morgan fingerprint density at radius 1 is 0.889 bits per heavy atom. The zero-order valence-corrected chi connectivity index (χ0v) is 10.3. The second-order valence-corrected chi connectivity index (χ2v) is 4.71. The average Bonchev–Trinajstić information content (AvgIpc) is 3.25. The van der Waals surface area contributed by atoms with Crippen molar-refractivity contribution in [3.8, 4) is 0 Å². The fourth-order valence-electron chi connectivity index (χ4n) is 1.77. The van der Waals surface area contributed by atoms with E-state index in [0.717, 1.165) is 13.2 Å². The van der Waals surface area contributed by atoms with Crippen LogP contribution in [0.4, 0.5) is 0 Å². The predicted octanol–water partition coefficient (Wildman–Crippen LogP) is 1.52. The van der Waals surface area contributed by atoms with Crippen LogP contribution in [-0.2, 0) is 32.2 Å². The summed E-state index contributed by atoms with van der Waals surface area (Å²) >= 11 is 0. The minimum atomic E-state index is 0.320. The SMILES string of the molecule is c1ccc(COCC2CO2)c(COCC2CO2)c1. The first kappa shape index (κ1) is 12.1. The molecule has 0 aromatic heterocycles. The molecule has 0 aliphatic carbocycles. The minimum absolute atomic E-state index is 0.320. The highest BCUT2D eigenvalue weighted by Gasteiger charge is 2.23. The number of rotatable bonds is 8. The lowest BCUT2D eigenvalue weighted by Crippen LogP contribution is -2.06. The van der Waals surface area contributed by atoms with Crippen molar-refractivity contribution in [3.63, 3.8) is 0 Å². The summed E-state index contributed by atoms with van der Waals surface area (Å²) in [6.07, 6.45) is 0.640. The van der Waals surface area contributed by atoms with E-state index in [4.69, 9.17) is 18.9 Å². The van der Waals surface area contributed by atoms with E-state index in [1.54, 1.807) is 0 Å². The molecule has 0 radical (unpaired) electrons. The molecule has 1 aromatic carbocycles. The third kappa shape index (κ3) is 3.78. The molecule has 1 aromatic rings. The van der Waals surface area contributed by atoms with Gasteiger partial charge in [-0.25, -0.2) is 0 Å². The number of benzene rings is 1. The van der Waals surface area contributed by atoms with Crippen LogP contribution in [0.5, 0.6) is 0 Å². The lowest BCUT2D eigenvalue weighted by molar-refractivity contribution is 0.0917. The van der Waals surface area contributed by atoms with E-state index in [0.29, 0.717) is 38.6 Å². The van der Waals surface area contributed by atoms with E-state index in [-0.39, 0.29) is 0 Å². The van der Waals surface area contributed by atoms with E-state index in [9.17, 15) is 0 Å². The van der Waals surface area contributed by atoms with Crippen LogP contribution in [0.25, 0.3) is 0 Å². The van der Waals surface area contributed by atoms with Crippen LogP contribution in [0.15, 0.2) is 24.3 Å². The Morgan fingerprint density at radius 2 is 1.33 bits per heavy atom. The fourth-order valence-corrected chi connectivity index (χ4v) is 1.77. The first-order valence-corrected chi connectivity index (χ1v) is 6.37. The van der Waals surface area contributed by atoms with Crippen molar-refractivity contribution in [1.29, 1.82) is 0 Å². The van der Waals surface area contributed by atoms with E-state index < -0.39 is 0 Å². The quantitative estimate of drug-likeness (QED) is 0.656. The van der Waals surface area contributed by atoms with E-state index >= 15 is 0 Å². The summed E-state index contributed by atoms with van der Waals surface area (Å²) in [5.41, 5.74) is 2.38. The first-order chi connectivity index (χ1) is 8.92. The number of hydrogen-bond donors (Lipinski definition) is 0. The normalized spacial score (nSPS) is 25.1. The van der Waals surface area contributed by atoms with Gasteiger partial charge >= 0.3 is 0 Å². The summed E-state index contributed by atoms with van der Waals surface area (Å²) in [4.78, 5) is 0. The third-order valence-electron chi connectivity index (χ3n) is 3.05. The summed E-state index contributed by atoms with van der Waals surface area (Å²) in [5.74, 6) is 0. The molecule has 2 fully saturated rings. The second-order valence-electron chi connectivity index (χ2n) is 4.71. The minimum Gasteiger partial charge on any atom is -0.374 e. The molecule has 3 rings (SSSR count). The summed E-state index contributed by atoms with van der Waals surface area (Å²) in [6.45, 7) is 4.30. The van der Waals surface area contributed by atoms with Crippen molar-refractivity contribution >= 4 is 0 Å². The van der Waals surface area contributed by atoms with Crippen molar-refractivity contribution in [3.05, 3.63) is 35.4 Å². The third-order valence-corrected chi connectivity index (χ3v) is 3.05. The van der Waals surface area contributed by atoms with Gasteiger partial charge in [0.2, 0.25) is 0 Å². The summed E-state index contributed by atoms with van der Waals surface area (Å²) in [7, 11) is 0. The first-order valence-electron chi connectivity index (χ1n) is 6.37. The van der Waals surface area contributed by atoms with Gasteiger partial charge in [0.25, 0.3) is 0 Å². The summed E-state index contributed by atoms with van der Waals surface area (Å²) in [6, 6.07) is 8.22. The van der Waals surface area contributed by atoms with Crippen LogP contribution in [0.3, 0.4) is 0 Å². The monoisotopic (exact) mass is 250 g/mol. The molecule has 0 saturated carbocycles. The van der Waals surface area contributed by atoms with Gasteiger partial charge in [-0.15, -0.1) is 0 Å². The van der Waals surface area contributed by atoms with Gasteiger partial charge in [0.15, 0.2) is 0 Å². The van der Waals surface area contributed by atoms with Crippen LogP contribution in [0.1, 0.15) is 11.1 Å². The molecule has 2 atom stereocenters. The Kier molecular flexibility index (Phi) is 3.90. The summed E-state index contributed by atoms with van der Waals surface area (Å²) < 4.78 is 21.5. The molecule has 0 bridgehead atoms. The van der Waals surface area contributed by atoms with Gasteiger partial charge in [0.05, 0.1) is 39.6 Å². The molecular formula is C14H18O4. The maximum absolute atomic E-state index is 5.62. The van der Waals surface area contributed by atoms with E-state index in [1.807, 2.05) is 12.1 Å². The fraction of sp³-hybridized carbons (Fsp3) is 0.571. The largest absolute Gasteiger partial charge is 0.374 e. The summed E-state index contributed by atoms with van der Waals surface area (Å²) in [5, 5.41) is 0. The molecule has 0 amide bonds. The Morgan fingerprint density at radius 3 is 1.72 bits per heavy atom. The van der Waals surface area contributed by atoms with Crippen molar-refractivity contribution in [1.82, 2.24) is 0 Å². The molecule has 2 saturated heterocycles. The number of hydrogen-bond acceptors (Lipinski definition) is 4. The molecule has 2 aliphatic heterocycles. The molecule has 2 unspecified atom stereocenters. The van der Waals surface area contributed by atoms with Crippen LogP contribution in [0.2, 0.25) is 0 Å². The number of ether oxygens (including phenoxy) is 4. The number of epoxide rings is 2. The van der Waals surface area contributed by atoms with Gasteiger partial charge in [-0.1, -0.05) is 24.3 Å². The van der Waals surface area contributed by atoms with Gasteiger partial charge in [-0.3, -0.25) is 0 Å². The standard InChI is InChI=1S/C14H18O4/c1-2-4-12(6-16-8-14-10-18-14)11(3-1)5-15-7-13-9-17-13/h1-4,13-14H,5-10H2. The van der Waals surface area contributed by atoms with Crippen molar-refractivity contribution < 1.29 is 18.9 Å². The van der Waals surface area contributed by atoms with E-state index in [1.165, 1.54) is 11.1 Å². The van der Waals surface area contributed by atoms with Gasteiger partial charge in [-0.2, -0.15) is 0 Å². The average molecular weight is 250 g/mol. The molecular weight excluding hydrogens is 232 g/mol. The Balaban J connectivity index is 1.46. The van der Waals surface area contributed by atoms with Crippen LogP contribution in [-0.4, -0.2) is 38.6 Å². The van der Waals surface area contributed by atoms with Gasteiger partial charge in [0, 0.05) is 0 Å². The van der Waals surface area contributed by atoms with E-state index in [2.05, 4.69) is 12.1 Å². The van der Waals surface area contributed by atoms with Gasteiger partial charge < -0.3 is 18.9 Å². The maximum Gasteiger partial charge on any atom is 0.104 e. The Hall–Kier alpha value is -0.940. The molecule has 0 spiro atoms. The smallest absolute Gasteiger partial charge is 0.104 e. The van der Waals surface area contributed by atoms with Crippen molar-refractivity contribution in [2.24, 2.45) is 0 Å². The highest BCUT2D eigenvalue weighted by atomic mass is 16.6. The second kappa shape index (κ2) is 5.80. The van der Waals surface area contributed by atoms with Crippen LogP contribution >= 0.6 is 0 Å².